The Morgan fingerprint density at radius 1 is 1.32 bits per heavy atom. The lowest BCUT2D eigenvalue weighted by atomic mass is 10.3. The molecule has 0 aromatic heterocycles. The third-order valence-corrected chi connectivity index (χ3v) is 2.43. The minimum Gasteiger partial charge on any atom is -0.465 e. The second-order valence-electron chi connectivity index (χ2n) is 4.47. The summed E-state index contributed by atoms with van der Waals surface area (Å²) < 4.78 is 9.80. The first-order valence-corrected chi connectivity index (χ1v) is 6.67. The van der Waals surface area contributed by atoms with Crippen molar-refractivity contribution in [1.29, 1.82) is 0 Å². The highest BCUT2D eigenvalue weighted by molar-refractivity contribution is 5.82. The summed E-state index contributed by atoms with van der Waals surface area (Å²) in [6.45, 7) is 7.49. The Labute approximate surface area is 115 Å². The van der Waals surface area contributed by atoms with Crippen LogP contribution in [0.25, 0.3) is 0 Å². The average molecular weight is 274 g/mol. The van der Waals surface area contributed by atoms with E-state index in [0.29, 0.717) is 38.8 Å². The van der Waals surface area contributed by atoms with Gasteiger partial charge in [0.15, 0.2) is 0 Å². The summed E-state index contributed by atoms with van der Waals surface area (Å²) in [6, 6.07) is 0.338. The number of carbonyl (C=O) groups excluding carboxylic acids is 2. The van der Waals surface area contributed by atoms with E-state index in [9.17, 15) is 9.59 Å². The van der Waals surface area contributed by atoms with Gasteiger partial charge in [0.2, 0.25) is 5.91 Å². The first kappa shape index (κ1) is 17.9. The molecule has 0 spiro atoms. The molecular formula is C13H26N2O4. The third-order valence-electron chi connectivity index (χ3n) is 2.43. The quantitative estimate of drug-likeness (QED) is 0.585. The fourth-order valence-electron chi connectivity index (χ4n) is 1.48. The van der Waals surface area contributed by atoms with Crippen LogP contribution in [-0.4, -0.2) is 62.8 Å². The minimum atomic E-state index is -0.385. The number of amides is 1. The highest BCUT2D eigenvalue weighted by Gasteiger charge is 2.17. The fraction of sp³-hybridized carbons (Fsp3) is 0.846. The molecule has 112 valence electrons. The molecular weight excluding hydrogens is 248 g/mol. The third kappa shape index (κ3) is 9.44. The van der Waals surface area contributed by atoms with Gasteiger partial charge in [0.05, 0.1) is 13.2 Å². The second kappa shape index (κ2) is 10.8. The van der Waals surface area contributed by atoms with Gasteiger partial charge in [0.1, 0.15) is 6.54 Å². The molecule has 0 radical (unpaired) electrons. The van der Waals surface area contributed by atoms with Crippen molar-refractivity contribution in [1.82, 2.24) is 10.2 Å². The summed E-state index contributed by atoms with van der Waals surface area (Å²) in [4.78, 5) is 24.9. The van der Waals surface area contributed by atoms with Crippen molar-refractivity contribution >= 4 is 11.9 Å². The van der Waals surface area contributed by atoms with Gasteiger partial charge in [-0.25, -0.2) is 0 Å². The number of esters is 1. The molecule has 0 heterocycles. The number of methoxy groups -OCH3 is 1. The molecule has 0 saturated heterocycles. The molecule has 0 bridgehead atoms. The summed E-state index contributed by atoms with van der Waals surface area (Å²) in [5.41, 5.74) is 0. The Balaban J connectivity index is 4.22. The maximum absolute atomic E-state index is 12.0. The predicted molar refractivity (Wildman–Crippen MR) is 72.8 cm³/mol. The van der Waals surface area contributed by atoms with E-state index in [4.69, 9.17) is 9.47 Å². The van der Waals surface area contributed by atoms with Gasteiger partial charge in [-0.3, -0.25) is 9.59 Å². The zero-order chi connectivity index (χ0) is 14.7. The van der Waals surface area contributed by atoms with E-state index in [1.165, 1.54) is 4.90 Å². The maximum atomic E-state index is 12.0. The Hall–Kier alpha value is -1.14. The van der Waals surface area contributed by atoms with Gasteiger partial charge < -0.3 is 19.7 Å². The smallest absolute Gasteiger partial charge is 0.325 e. The standard InChI is InChI=1S/C13H26N2O4/c1-5-19-13(17)10-15(8-9-18-4)12(16)6-7-14-11(2)3/h11,14H,5-10H2,1-4H3. The summed E-state index contributed by atoms with van der Waals surface area (Å²) in [7, 11) is 1.56. The van der Waals surface area contributed by atoms with E-state index in [1.807, 2.05) is 13.8 Å². The van der Waals surface area contributed by atoms with Crippen LogP contribution in [0, 0.1) is 0 Å². The van der Waals surface area contributed by atoms with E-state index >= 15 is 0 Å². The Morgan fingerprint density at radius 2 is 2.00 bits per heavy atom. The fourth-order valence-corrected chi connectivity index (χ4v) is 1.48. The molecule has 0 saturated carbocycles. The van der Waals surface area contributed by atoms with Crippen molar-refractivity contribution in [3.05, 3.63) is 0 Å². The molecule has 0 aromatic rings. The Morgan fingerprint density at radius 3 is 2.53 bits per heavy atom. The number of nitrogens with one attached hydrogen (secondary N) is 1. The van der Waals surface area contributed by atoms with E-state index in [2.05, 4.69) is 5.32 Å². The molecule has 0 aliphatic heterocycles. The number of carbonyl (C=O) groups is 2. The summed E-state index contributed by atoms with van der Waals surface area (Å²) >= 11 is 0. The van der Waals surface area contributed by atoms with Gasteiger partial charge in [-0.15, -0.1) is 0 Å². The second-order valence-corrected chi connectivity index (χ2v) is 4.47. The van der Waals surface area contributed by atoms with Crippen LogP contribution in [0.15, 0.2) is 0 Å². The van der Waals surface area contributed by atoms with E-state index < -0.39 is 0 Å². The number of hydrogen-bond donors (Lipinski definition) is 1. The Kier molecular flexibility index (Phi) is 10.1. The molecule has 0 aliphatic rings. The normalized spacial score (nSPS) is 10.6. The zero-order valence-electron chi connectivity index (χ0n) is 12.4. The first-order valence-electron chi connectivity index (χ1n) is 6.67. The van der Waals surface area contributed by atoms with Crippen LogP contribution in [0.5, 0.6) is 0 Å². The van der Waals surface area contributed by atoms with Gasteiger partial charge in [-0.05, 0) is 6.92 Å². The average Bonchev–Trinajstić information content (AvgIpc) is 2.34. The molecule has 19 heavy (non-hydrogen) atoms. The molecule has 0 aromatic carbocycles. The molecule has 0 rings (SSSR count). The summed E-state index contributed by atoms with van der Waals surface area (Å²) in [5.74, 6) is -0.456. The monoisotopic (exact) mass is 274 g/mol. The van der Waals surface area contributed by atoms with Crippen LogP contribution in [0.1, 0.15) is 27.2 Å². The van der Waals surface area contributed by atoms with Crippen molar-refractivity contribution < 1.29 is 19.1 Å². The number of ether oxygens (including phenoxy) is 2. The number of nitrogens with zero attached hydrogens (tertiary/aromatic N) is 1. The molecule has 0 fully saturated rings. The van der Waals surface area contributed by atoms with Crippen LogP contribution >= 0.6 is 0 Å². The number of rotatable bonds is 10. The van der Waals surface area contributed by atoms with Gasteiger partial charge in [0, 0.05) is 32.7 Å². The number of hydrogen-bond acceptors (Lipinski definition) is 5. The van der Waals surface area contributed by atoms with Crippen LogP contribution in [0.3, 0.4) is 0 Å². The van der Waals surface area contributed by atoms with E-state index in [1.54, 1.807) is 14.0 Å². The van der Waals surface area contributed by atoms with E-state index in [-0.39, 0.29) is 18.4 Å². The van der Waals surface area contributed by atoms with Gasteiger partial charge >= 0.3 is 5.97 Å². The molecule has 1 N–H and O–H groups in total. The molecule has 0 atom stereocenters. The Bertz CT molecular complexity index is 269. The van der Waals surface area contributed by atoms with Crippen molar-refractivity contribution in [3.63, 3.8) is 0 Å². The van der Waals surface area contributed by atoms with Crippen molar-refractivity contribution in [2.75, 3.05) is 40.0 Å². The highest BCUT2D eigenvalue weighted by atomic mass is 16.5. The molecule has 6 heteroatoms. The lowest BCUT2D eigenvalue weighted by Crippen LogP contribution is -2.40. The molecule has 0 aliphatic carbocycles. The van der Waals surface area contributed by atoms with Crippen molar-refractivity contribution in [3.8, 4) is 0 Å². The molecule has 1 amide bonds. The lowest BCUT2D eigenvalue weighted by Gasteiger charge is -2.21. The minimum absolute atomic E-state index is 0.0162. The summed E-state index contributed by atoms with van der Waals surface area (Å²) in [6.07, 6.45) is 0.362. The van der Waals surface area contributed by atoms with Gasteiger partial charge in [0.25, 0.3) is 0 Å². The molecule has 6 nitrogen and oxygen atoms in total. The summed E-state index contributed by atoms with van der Waals surface area (Å²) in [5, 5.41) is 3.17. The van der Waals surface area contributed by atoms with Crippen molar-refractivity contribution in [2.45, 2.75) is 33.2 Å². The van der Waals surface area contributed by atoms with Gasteiger partial charge in [-0.2, -0.15) is 0 Å². The lowest BCUT2D eigenvalue weighted by molar-refractivity contribution is -0.149. The zero-order valence-corrected chi connectivity index (χ0v) is 12.4. The van der Waals surface area contributed by atoms with Gasteiger partial charge in [-0.1, -0.05) is 13.8 Å². The van der Waals surface area contributed by atoms with Crippen LogP contribution < -0.4 is 5.32 Å². The SMILES string of the molecule is CCOC(=O)CN(CCOC)C(=O)CCNC(C)C. The maximum Gasteiger partial charge on any atom is 0.325 e. The molecule has 0 unspecified atom stereocenters. The van der Waals surface area contributed by atoms with Crippen LogP contribution in [0.2, 0.25) is 0 Å². The highest BCUT2D eigenvalue weighted by Crippen LogP contribution is 1.96. The van der Waals surface area contributed by atoms with Crippen LogP contribution in [-0.2, 0) is 19.1 Å². The van der Waals surface area contributed by atoms with Crippen LogP contribution in [0.4, 0.5) is 0 Å². The van der Waals surface area contributed by atoms with E-state index in [0.717, 1.165) is 0 Å². The first-order chi connectivity index (χ1) is 9.01. The topological polar surface area (TPSA) is 67.9 Å². The largest absolute Gasteiger partial charge is 0.465 e. The van der Waals surface area contributed by atoms with Crippen molar-refractivity contribution in [2.24, 2.45) is 0 Å². The predicted octanol–water partition coefficient (Wildman–Crippen LogP) is 0.413.